The molecule has 0 spiro atoms. The first-order valence-corrected chi connectivity index (χ1v) is 11.3. The van der Waals surface area contributed by atoms with Crippen LogP contribution in [-0.2, 0) is 0 Å². The molecule has 5 heteroatoms. The van der Waals surface area contributed by atoms with Crippen molar-refractivity contribution in [2.45, 2.75) is 29.6 Å². The van der Waals surface area contributed by atoms with Crippen molar-refractivity contribution in [3.63, 3.8) is 0 Å². The highest BCUT2D eigenvalue weighted by Crippen LogP contribution is 2.41. The molecule has 3 aromatic rings. The second kappa shape index (κ2) is 8.97. The molecular weight excluding hydrogens is 444 g/mol. The minimum absolute atomic E-state index is 0.0478. The smallest absolute Gasteiger partial charge is 0.251 e. The van der Waals surface area contributed by atoms with E-state index in [-0.39, 0.29) is 5.91 Å². The van der Waals surface area contributed by atoms with Crippen LogP contribution in [0.2, 0.25) is 0 Å². The van der Waals surface area contributed by atoms with Crippen LogP contribution in [-0.4, -0.2) is 18.2 Å². The van der Waals surface area contributed by atoms with Gasteiger partial charge in [0.05, 0.1) is 11.4 Å². The van der Waals surface area contributed by atoms with E-state index in [0.29, 0.717) is 12.1 Å². The molecule has 1 heterocycles. The lowest BCUT2D eigenvalue weighted by molar-refractivity contribution is 0.0953. The van der Waals surface area contributed by atoms with E-state index in [2.05, 4.69) is 52.4 Å². The Bertz CT molecular complexity index is 1080. The van der Waals surface area contributed by atoms with Crippen LogP contribution in [0.3, 0.4) is 0 Å². The van der Waals surface area contributed by atoms with E-state index in [1.54, 1.807) is 11.8 Å². The van der Waals surface area contributed by atoms with Crippen LogP contribution in [0.25, 0.3) is 0 Å². The van der Waals surface area contributed by atoms with Crippen LogP contribution in [0.15, 0.2) is 86.0 Å². The number of nitrogens with zero attached hydrogens (tertiary/aromatic N) is 1. The Balaban J connectivity index is 1.78. The van der Waals surface area contributed by atoms with E-state index in [4.69, 9.17) is 4.99 Å². The Morgan fingerprint density at radius 1 is 1.03 bits per heavy atom. The highest BCUT2D eigenvalue weighted by molar-refractivity contribution is 9.10. The van der Waals surface area contributed by atoms with Gasteiger partial charge in [-0.1, -0.05) is 71.4 Å². The first kappa shape index (κ1) is 19.9. The summed E-state index contributed by atoms with van der Waals surface area (Å²) in [4.78, 5) is 19.8. The Morgan fingerprint density at radius 2 is 1.83 bits per heavy atom. The van der Waals surface area contributed by atoms with E-state index >= 15 is 0 Å². The van der Waals surface area contributed by atoms with Gasteiger partial charge >= 0.3 is 0 Å². The largest absolute Gasteiger partial charge is 0.352 e. The number of hydrogen-bond acceptors (Lipinski definition) is 3. The SMILES string of the molecule is CCCCNC(=O)c1ccc2c(c1)N=C(c1ccc(Br)cc1)c1ccccc1S2. The molecule has 1 aliphatic rings. The van der Waals surface area contributed by atoms with Crippen LogP contribution in [0.5, 0.6) is 0 Å². The topological polar surface area (TPSA) is 41.5 Å². The van der Waals surface area contributed by atoms with Gasteiger partial charge in [0.1, 0.15) is 0 Å². The lowest BCUT2D eigenvalue weighted by atomic mass is 10.0. The van der Waals surface area contributed by atoms with E-state index in [1.165, 1.54) is 0 Å². The maximum absolute atomic E-state index is 12.5. The van der Waals surface area contributed by atoms with Gasteiger partial charge in [0.2, 0.25) is 0 Å². The number of carbonyl (C=O) groups is 1. The monoisotopic (exact) mass is 464 g/mol. The highest BCUT2D eigenvalue weighted by atomic mass is 79.9. The average molecular weight is 465 g/mol. The Kier molecular flexibility index (Phi) is 6.16. The molecule has 0 aliphatic carbocycles. The summed E-state index contributed by atoms with van der Waals surface area (Å²) in [5, 5.41) is 2.99. The molecular formula is C24H21BrN2OS. The molecule has 0 aromatic heterocycles. The lowest BCUT2D eigenvalue weighted by Gasteiger charge is -2.09. The van der Waals surface area contributed by atoms with Crippen LogP contribution >= 0.6 is 27.7 Å². The number of aliphatic imine (C=N–C) groups is 1. The predicted octanol–water partition coefficient (Wildman–Crippen LogP) is 6.61. The number of amides is 1. The predicted molar refractivity (Wildman–Crippen MR) is 124 cm³/mol. The summed E-state index contributed by atoms with van der Waals surface area (Å²) in [5.41, 5.74) is 4.54. The molecule has 3 nitrogen and oxygen atoms in total. The molecule has 0 unspecified atom stereocenters. The van der Waals surface area contributed by atoms with Gasteiger partial charge in [-0.15, -0.1) is 0 Å². The molecule has 146 valence electrons. The van der Waals surface area contributed by atoms with Crippen molar-refractivity contribution < 1.29 is 4.79 Å². The number of rotatable bonds is 5. The number of benzene rings is 3. The second-order valence-corrected chi connectivity index (χ2v) is 8.86. The number of carbonyl (C=O) groups excluding carboxylic acids is 1. The Labute approximate surface area is 183 Å². The van der Waals surface area contributed by atoms with Gasteiger partial charge in [-0.25, -0.2) is 4.99 Å². The third-order valence-electron chi connectivity index (χ3n) is 4.75. The summed E-state index contributed by atoms with van der Waals surface area (Å²) in [6.45, 7) is 2.81. The van der Waals surface area contributed by atoms with Gasteiger partial charge in [-0.2, -0.15) is 0 Å². The summed E-state index contributed by atoms with van der Waals surface area (Å²) in [7, 11) is 0. The fourth-order valence-electron chi connectivity index (χ4n) is 3.19. The second-order valence-electron chi connectivity index (χ2n) is 6.86. The first-order valence-electron chi connectivity index (χ1n) is 9.70. The van der Waals surface area contributed by atoms with E-state index in [9.17, 15) is 4.79 Å². The fourth-order valence-corrected chi connectivity index (χ4v) is 4.46. The van der Waals surface area contributed by atoms with Gasteiger partial charge in [-0.3, -0.25) is 4.79 Å². The maximum Gasteiger partial charge on any atom is 0.251 e. The van der Waals surface area contributed by atoms with E-state index in [0.717, 1.165) is 49.6 Å². The van der Waals surface area contributed by atoms with Crippen molar-refractivity contribution in [1.82, 2.24) is 5.32 Å². The maximum atomic E-state index is 12.5. The van der Waals surface area contributed by atoms with Crippen molar-refractivity contribution in [2.24, 2.45) is 4.99 Å². The van der Waals surface area contributed by atoms with Crippen molar-refractivity contribution >= 4 is 45.0 Å². The zero-order valence-corrected chi connectivity index (χ0v) is 18.5. The van der Waals surface area contributed by atoms with Gasteiger partial charge in [0.25, 0.3) is 5.91 Å². The molecule has 0 radical (unpaired) electrons. The molecule has 0 saturated carbocycles. The zero-order chi connectivity index (χ0) is 20.2. The van der Waals surface area contributed by atoms with Crippen molar-refractivity contribution in [1.29, 1.82) is 0 Å². The molecule has 29 heavy (non-hydrogen) atoms. The first-order chi connectivity index (χ1) is 14.2. The summed E-state index contributed by atoms with van der Waals surface area (Å²) in [5.74, 6) is -0.0478. The van der Waals surface area contributed by atoms with Crippen LogP contribution < -0.4 is 5.32 Å². The van der Waals surface area contributed by atoms with Gasteiger partial charge in [-0.05, 0) is 42.8 Å². The van der Waals surface area contributed by atoms with E-state index in [1.807, 2.05) is 42.5 Å². The minimum atomic E-state index is -0.0478. The normalized spacial score (nSPS) is 12.4. The molecule has 1 aliphatic heterocycles. The zero-order valence-electron chi connectivity index (χ0n) is 16.1. The molecule has 4 rings (SSSR count). The summed E-state index contributed by atoms with van der Waals surface area (Å²) >= 11 is 5.20. The number of halogens is 1. The fraction of sp³-hybridized carbons (Fsp3) is 0.167. The average Bonchev–Trinajstić information content (AvgIpc) is 2.90. The summed E-state index contributed by atoms with van der Waals surface area (Å²) in [6.07, 6.45) is 2.04. The standard InChI is InChI=1S/C24H21BrN2OS/c1-2-3-14-26-24(28)17-10-13-22-20(15-17)27-23(16-8-11-18(25)12-9-16)19-6-4-5-7-21(19)29-22/h4-13,15H,2-3,14H2,1H3,(H,26,28). The number of nitrogens with one attached hydrogen (secondary N) is 1. The van der Waals surface area contributed by atoms with Crippen LogP contribution in [0.4, 0.5) is 5.69 Å². The molecule has 0 saturated heterocycles. The van der Waals surface area contributed by atoms with Gasteiger partial charge < -0.3 is 5.32 Å². The third-order valence-corrected chi connectivity index (χ3v) is 6.42. The Hall–Kier alpha value is -2.37. The molecule has 1 N–H and O–H groups in total. The minimum Gasteiger partial charge on any atom is -0.352 e. The molecule has 0 bridgehead atoms. The van der Waals surface area contributed by atoms with Crippen molar-refractivity contribution in [2.75, 3.05) is 6.54 Å². The van der Waals surface area contributed by atoms with Crippen molar-refractivity contribution in [3.8, 4) is 0 Å². The summed E-state index contributed by atoms with van der Waals surface area (Å²) in [6, 6.07) is 22.3. The molecule has 1 amide bonds. The van der Waals surface area contributed by atoms with Crippen LogP contribution in [0.1, 0.15) is 41.3 Å². The van der Waals surface area contributed by atoms with Gasteiger partial charge in [0, 0.05) is 37.5 Å². The van der Waals surface area contributed by atoms with Gasteiger partial charge in [0.15, 0.2) is 0 Å². The Morgan fingerprint density at radius 3 is 2.62 bits per heavy atom. The third kappa shape index (κ3) is 4.46. The van der Waals surface area contributed by atoms with Crippen LogP contribution in [0, 0.1) is 0 Å². The quantitative estimate of drug-likeness (QED) is 0.337. The number of fused-ring (bicyclic) bond motifs is 2. The molecule has 0 atom stereocenters. The summed E-state index contributed by atoms with van der Waals surface area (Å²) < 4.78 is 1.03. The molecule has 0 fully saturated rings. The number of hydrogen-bond donors (Lipinski definition) is 1. The van der Waals surface area contributed by atoms with E-state index < -0.39 is 0 Å². The molecule has 3 aromatic carbocycles. The lowest BCUT2D eigenvalue weighted by Crippen LogP contribution is -2.24. The van der Waals surface area contributed by atoms with Crippen molar-refractivity contribution in [3.05, 3.63) is 87.9 Å². The number of unbranched alkanes of at least 4 members (excludes halogenated alkanes) is 1. The highest BCUT2D eigenvalue weighted by Gasteiger charge is 2.19.